The van der Waals surface area contributed by atoms with E-state index in [9.17, 15) is 8.42 Å². The van der Waals surface area contributed by atoms with E-state index in [1.165, 1.54) is 6.26 Å². The van der Waals surface area contributed by atoms with Crippen LogP contribution in [0, 0.1) is 0 Å². The summed E-state index contributed by atoms with van der Waals surface area (Å²) in [6, 6.07) is 15.1. The predicted molar refractivity (Wildman–Crippen MR) is 100 cm³/mol. The largest absolute Gasteiger partial charge is 0.305 e. The van der Waals surface area contributed by atoms with Gasteiger partial charge >= 0.3 is 0 Å². The third kappa shape index (κ3) is 5.30. The van der Waals surface area contributed by atoms with Gasteiger partial charge in [0, 0.05) is 17.3 Å². The van der Waals surface area contributed by atoms with Crippen LogP contribution in [0.1, 0.15) is 11.1 Å². The Labute approximate surface area is 146 Å². The number of benzene rings is 2. The van der Waals surface area contributed by atoms with Crippen molar-refractivity contribution in [2.45, 2.75) is 4.90 Å². The molecule has 0 fully saturated rings. The summed E-state index contributed by atoms with van der Waals surface area (Å²) in [5.74, 6) is 0. The second kappa shape index (κ2) is 7.43. The summed E-state index contributed by atoms with van der Waals surface area (Å²) in [4.78, 5) is 2.43. The molecule has 0 atom stereocenters. The SMILES string of the molecule is CN(C)C/C(=C/c1cccc(Br)c1)c1ccc(S(C)(=O)=O)cc1. The topological polar surface area (TPSA) is 37.4 Å². The molecule has 0 spiro atoms. The maximum atomic E-state index is 11.6. The Balaban J connectivity index is 2.43. The Bertz CT molecular complexity index is 809. The van der Waals surface area contributed by atoms with Crippen LogP contribution in [-0.4, -0.2) is 40.2 Å². The zero-order valence-electron chi connectivity index (χ0n) is 13.5. The van der Waals surface area contributed by atoms with Gasteiger partial charge in [0.2, 0.25) is 0 Å². The Morgan fingerprint density at radius 3 is 2.30 bits per heavy atom. The van der Waals surface area contributed by atoms with Gasteiger partial charge in [-0.15, -0.1) is 0 Å². The molecule has 0 aliphatic heterocycles. The average Bonchev–Trinajstić information content (AvgIpc) is 2.45. The fraction of sp³-hybridized carbons (Fsp3) is 0.222. The molecule has 5 heteroatoms. The van der Waals surface area contributed by atoms with Crippen LogP contribution >= 0.6 is 15.9 Å². The Kier molecular flexibility index (Phi) is 5.79. The highest BCUT2D eigenvalue weighted by Crippen LogP contribution is 2.22. The summed E-state index contributed by atoms with van der Waals surface area (Å²) in [5, 5.41) is 0. The molecule has 122 valence electrons. The highest BCUT2D eigenvalue weighted by Gasteiger charge is 2.09. The number of likely N-dealkylation sites (N-methyl/N-ethyl adjacent to an activating group) is 1. The number of rotatable bonds is 5. The third-order valence-electron chi connectivity index (χ3n) is 3.33. The van der Waals surface area contributed by atoms with Gasteiger partial charge in [0.05, 0.1) is 4.90 Å². The number of hydrogen-bond donors (Lipinski definition) is 0. The van der Waals surface area contributed by atoms with E-state index in [4.69, 9.17) is 0 Å². The van der Waals surface area contributed by atoms with Gasteiger partial charge in [0.1, 0.15) is 0 Å². The van der Waals surface area contributed by atoms with E-state index in [1.807, 2.05) is 44.4 Å². The Morgan fingerprint density at radius 2 is 1.78 bits per heavy atom. The summed E-state index contributed by atoms with van der Waals surface area (Å²) in [5.41, 5.74) is 3.25. The first-order valence-corrected chi connectivity index (χ1v) is 9.85. The van der Waals surface area contributed by atoms with Crippen LogP contribution in [0.2, 0.25) is 0 Å². The van der Waals surface area contributed by atoms with E-state index in [0.717, 1.165) is 27.7 Å². The maximum absolute atomic E-state index is 11.6. The van der Waals surface area contributed by atoms with E-state index < -0.39 is 9.84 Å². The summed E-state index contributed by atoms with van der Waals surface area (Å²) >= 11 is 3.48. The van der Waals surface area contributed by atoms with Crippen LogP contribution in [0.3, 0.4) is 0 Å². The smallest absolute Gasteiger partial charge is 0.175 e. The number of nitrogens with zero attached hydrogens (tertiary/aromatic N) is 1. The highest BCUT2D eigenvalue weighted by molar-refractivity contribution is 9.10. The van der Waals surface area contributed by atoms with Crippen LogP contribution in [0.25, 0.3) is 11.6 Å². The van der Waals surface area contributed by atoms with Gasteiger partial charge in [-0.2, -0.15) is 0 Å². The van der Waals surface area contributed by atoms with Crippen molar-refractivity contribution >= 4 is 37.4 Å². The van der Waals surface area contributed by atoms with Gasteiger partial charge in [0.15, 0.2) is 9.84 Å². The molecule has 3 nitrogen and oxygen atoms in total. The lowest BCUT2D eigenvalue weighted by Crippen LogP contribution is -2.14. The first kappa shape index (κ1) is 17.9. The van der Waals surface area contributed by atoms with Gasteiger partial charge in [-0.05, 0) is 61.1 Å². The molecule has 0 saturated heterocycles. The van der Waals surface area contributed by atoms with Crippen LogP contribution in [0.15, 0.2) is 57.9 Å². The van der Waals surface area contributed by atoms with Gasteiger partial charge in [-0.1, -0.05) is 40.2 Å². The molecule has 0 bridgehead atoms. The van der Waals surface area contributed by atoms with Crippen LogP contribution in [-0.2, 0) is 9.84 Å². The number of hydrogen-bond acceptors (Lipinski definition) is 3. The second-order valence-electron chi connectivity index (χ2n) is 5.76. The first-order chi connectivity index (χ1) is 10.8. The minimum absolute atomic E-state index is 0.341. The molecule has 0 aromatic heterocycles. The predicted octanol–water partition coefficient (Wildman–Crippen LogP) is 3.95. The first-order valence-electron chi connectivity index (χ1n) is 7.17. The van der Waals surface area contributed by atoms with Crippen molar-refractivity contribution in [1.82, 2.24) is 4.90 Å². The van der Waals surface area contributed by atoms with Crippen molar-refractivity contribution < 1.29 is 8.42 Å². The fourth-order valence-corrected chi connectivity index (χ4v) is 3.32. The molecular formula is C18H20BrNO2S. The minimum atomic E-state index is -3.17. The number of sulfone groups is 1. The average molecular weight is 394 g/mol. The van der Waals surface area contributed by atoms with Gasteiger partial charge < -0.3 is 4.90 Å². The van der Waals surface area contributed by atoms with Gasteiger partial charge in [-0.3, -0.25) is 0 Å². The molecular weight excluding hydrogens is 374 g/mol. The lowest BCUT2D eigenvalue weighted by atomic mass is 10.0. The molecule has 0 radical (unpaired) electrons. The molecule has 0 unspecified atom stereocenters. The molecule has 2 rings (SSSR count). The zero-order valence-corrected chi connectivity index (χ0v) is 15.9. The number of halogens is 1. The minimum Gasteiger partial charge on any atom is -0.305 e. The monoisotopic (exact) mass is 393 g/mol. The highest BCUT2D eigenvalue weighted by atomic mass is 79.9. The molecule has 0 heterocycles. The van der Waals surface area contributed by atoms with E-state index in [2.05, 4.69) is 33.0 Å². The molecule has 0 N–H and O–H groups in total. The third-order valence-corrected chi connectivity index (χ3v) is 4.95. The molecule has 0 amide bonds. The van der Waals surface area contributed by atoms with Crippen LogP contribution < -0.4 is 0 Å². The van der Waals surface area contributed by atoms with E-state index in [0.29, 0.717) is 4.90 Å². The Morgan fingerprint density at radius 1 is 1.13 bits per heavy atom. The van der Waals surface area contributed by atoms with Crippen LogP contribution in [0.4, 0.5) is 0 Å². The lowest BCUT2D eigenvalue weighted by Gasteiger charge is -2.14. The van der Waals surface area contributed by atoms with Crippen molar-refractivity contribution in [1.29, 1.82) is 0 Å². The summed E-state index contributed by atoms with van der Waals surface area (Å²) < 4.78 is 24.2. The second-order valence-corrected chi connectivity index (χ2v) is 8.69. The van der Waals surface area contributed by atoms with Crippen molar-refractivity contribution in [3.05, 3.63) is 64.1 Å². The molecule has 0 aliphatic rings. The maximum Gasteiger partial charge on any atom is 0.175 e. The summed E-state index contributed by atoms with van der Waals surface area (Å²) in [6.07, 6.45) is 3.35. The van der Waals surface area contributed by atoms with Crippen LogP contribution in [0.5, 0.6) is 0 Å². The zero-order chi connectivity index (χ0) is 17.0. The van der Waals surface area contributed by atoms with Gasteiger partial charge in [-0.25, -0.2) is 8.42 Å². The Hall–Kier alpha value is -1.43. The summed E-state index contributed by atoms with van der Waals surface area (Å²) in [7, 11) is 0.858. The summed E-state index contributed by atoms with van der Waals surface area (Å²) in [6.45, 7) is 0.769. The molecule has 2 aromatic carbocycles. The van der Waals surface area contributed by atoms with Crippen molar-refractivity contribution in [2.75, 3.05) is 26.9 Å². The molecule has 23 heavy (non-hydrogen) atoms. The normalized spacial score (nSPS) is 12.7. The van der Waals surface area contributed by atoms with Crippen molar-refractivity contribution in [3.63, 3.8) is 0 Å². The van der Waals surface area contributed by atoms with Crippen molar-refractivity contribution in [3.8, 4) is 0 Å². The lowest BCUT2D eigenvalue weighted by molar-refractivity contribution is 0.463. The van der Waals surface area contributed by atoms with E-state index in [-0.39, 0.29) is 0 Å². The molecule has 2 aromatic rings. The van der Waals surface area contributed by atoms with E-state index >= 15 is 0 Å². The fourth-order valence-electron chi connectivity index (χ4n) is 2.27. The van der Waals surface area contributed by atoms with E-state index in [1.54, 1.807) is 12.1 Å². The quantitative estimate of drug-likeness (QED) is 0.721. The van der Waals surface area contributed by atoms with Crippen molar-refractivity contribution in [2.24, 2.45) is 0 Å². The standard InChI is InChI=1S/C18H20BrNO2S/c1-20(2)13-16(11-14-5-4-6-17(19)12-14)15-7-9-18(10-8-15)23(3,21)22/h4-12H,13H2,1-3H3/b16-11-. The molecule has 0 saturated carbocycles. The molecule has 0 aliphatic carbocycles. The van der Waals surface area contributed by atoms with Gasteiger partial charge in [0.25, 0.3) is 0 Å².